The number of rotatable bonds is 5. The van der Waals surface area contributed by atoms with Gasteiger partial charge in [-0.3, -0.25) is 4.79 Å². The van der Waals surface area contributed by atoms with Crippen LogP contribution in [-0.4, -0.2) is 53.8 Å². The van der Waals surface area contributed by atoms with Crippen LogP contribution < -0.4 is 4.74 Å². The first kappa shape index (κ1) is 17.0. The van der Waals surface area contributed by atoms with Crippen LogP contribution in [0.4, 0.5) is 0 Å². The number of amides is 1. The average Bonchev–Trinajstić information content (AvgIpc) is 2.52. The summed E-state index contributed by atoms with van der Waals surface area (Å²) in [6.45, 7) is 4.53. The van der Waals surface area contributed by atoms with E-state index in [9.17, 15) is 9.59 Å². The second-order valence-electron chi connectivity index (χ2n) is 5.53. The molecule has 0 bridgehead atoms. The maximum Gasteiger partial charge on any atom is 0.328 e. The van der Waals surface area contributed by atoms with Crippen molar-refractivity contribution in [1.29, 1.82) is 0 Å². The van der Waals surface area contributed by atoms with E-state index in [-0.39, 0.29) is 25.2 Å². The highest BCUT2D eigenvalue weighted by atomic mass is 16.5. The second kappa shape index (κ2) is 7.78. The number of hydrogen-bond acceptors (Lipinski definition) is 4. The van der Waals surface area contributed by atoms with Crippen LogP contribution in [0, 0.1) is 0 Å². The molecular formula is C17H21NO5. The maximum absolute atomic E-state index is 12.2. The molecule has 1 heterocycles. The van der Waals surface area contributed by atoms with Crippen molar-refractivity contribution in [3.8, 4) is 5.75 Å². The van der Waals surface area contributed by atoms with E-state index in [0.29, 0.717) is 6.61 Å². The first-order chi connectivity index (χ1) is 11.0. The number of carboxylic acid groups (broad SMARTS) is 1. The van der Waals surface area contributed by atoms with Gasteiger partial charge in [-0.1, -0.05) is 12.1 Å². The summed E-state index contributed by atoms with van der Waals surface area (Å²) in [6.07, 6.45) is 3.11. The molecule has 1 amide bonds. The minimum Gasteiger partial charge on any atom is -0.491 e. The van der Waals surface area contributed by atoms with Crippen molar-refractivity contribution in [2.75, 3.05) is 19.8 Å². The molecule has 1 aliphatic rings. The summed E-state index contributed by atoms with van der Waals surface area (Å²) in [4.78, 5) is 24.7. The van der Waals surface area contributed by atoms with Crippen LogP contribution in [0.5, 0.6) is 5.75 Å². The predicted octanol–water partition coefficient (Wildman–Crippen LogP) is 1.80. The highest BCUT2D eigenvalue weighted by Crippen LogP contribution is 2.16. The fourth-order valence-corrected chi connectivity index (χ4v) is 2.30. The smallest absolute Gasteiger partial charge is 0.328 e. The molecule has 0 aliphatic carbocycles. The van der Waals surface area contributed by atoms with Crippen molar-refractivity contribution in [3.05, 3.63) is 35.9 Å². The summed E-state index contributed by atoms with van der Waals surface area (Å²) in [5, 5.41) is 9.15. The maximum atomic E-state index is 12.2. The van der Waals surface area contributed by atoms with Gasteiger partial charge < -0.3 is 19.5 Å². The van der Waals surface area contributed by atoms with Crippen LogP contribution in [0.25, 0.3) is 6.08 Å². The predicted molar refractivity (Wildman–Crippen MR) is 85.2 cm³/mol. The Balaban J connectivity index is 2.06. The van der Waals surface area contributed by atoms with Gasteiger partial charge in [-0.25, -0.2) is 4.79 Å². The summed E-state index contributed by atoms with van der Waals surface area (Å²) in [6, 6.07) is 6.44. The van der Waals surface area contributed by atoms with E-state index in [1.807, 2.05) is 38.1 Å². The third kappa shape index (κ3) is 4.82. The number of carbonyl (C=O) groups is 2. The van der Waals surface area contributed by atoms with E-state index in [2.05, 4.69) is 0 Å². The van der Waals surface area contributed by atoms with Gasteiger partial charge in [0.25, 0.3) is 0 Å². The molecule has 1 aliphatic heterocycles. The summed E-state index contributed by atoms with van der Waals surface area (Å²) >= 11 is 0. The number of ether oxygens (including phenoxy) is 2. The molecule has 1 saturated heterocycles. The zero-order chi connectivity index (χ0) is 16.8. The van der Waals surface area contributed by atoms with Crippen LogP contribution in [0.15, 0.2) is 30.3 Å². The van der Waals surface area contributed by atoms with Gasteiger partial charge in [0.2, 0.25) is 5.91 Å². The summed E-state index contributed by atoms with van der Waals surface area (Å²) < 4.78 is 10.7. The molecule has 23 heavy (non-hydrogen) atoms. The van der Waals surface area contributed by atoms with Crippen molar-refractivity contribution >= 4 is 18.0 Å². The summed E-state index contributed by atoms with van der Waals surface area (Å²) in [5.74, 6) is -0.668. The van der Waals surface area contributed by atoms with Crippen LogP contribution in [0.2, 0.25) is 0 Å². The molecule has 0 saturated carbocycles. The number of nitrogens with zero attached hydrogens (tertiary/aromatic N) is 1. The Morgan fingerprint density at radius 2 is 2.22 bits per heavy atom. The molecule has 1 unspecified atom stereocenters. The number of carboxylic acids is 1. The Bertz CT molecular complexity index is 596. The zero-order valence-electron chi connectivity index (χ0n) is 13.3. The first-order valence-corrected chi connectivity index (χ1v) is 7.53. The molecule has 0 radical (unpaired) electrons. The van der Waals surface area contributed by atoms with Crippen LogP contribution >= 0.6 is 0 Å². The molecule has 2 rings (SSSR count). The van der Waals surface area contributed by atoms with Crippen LogP contribution in [0.3, 0.4) is 0 Å². The lowest BCUT2D eigenvalue weighted by molar-refractivity contribution is -0.156. The molecule has 0 aromatic heterocycles. The largest absolute Gasteiger partial charge is 0.491 e. The zero-order valence-corrected chi connectivity index (χ0v) is 13.3. The minimum atomic E-state index is -1.06. The third-order valence-electron chi connectivity index (χ3n) is 3.34. The standard InChI is InChI=1S/C17H21NO5/c1-12(2)23-14-5-3-4-13(10-14)6-7-16(19)18-8-9-22-11-15(18)17(20)21/h3-7,10,12,15H,8-9,11H2,1-2H3,(H,20,21). The number of benzene rings is 1. The SMILES string of the molecule is CC(C)Oc1cccc(C=CC(=O)N2CCOCC2C(=O)O)c1. The van der Waals surface area contributed by atoms with E-state index >= 15 is 0 Å². The lowest BCUT2D eigenvalue weighted by atomic mass is 10.1. The quantitative estimate of drug-likeness (QED) is 0.838. The minimum absolute atomic E-state index is 0.0205. The highest BCUT2D eigenvalue weighted by Gasteiger charge is 2.31. The van der Waals surface area contributed by atoms with Gasteiger partial charge in [0, 0.05) is 12.6 Å². The Morgan fingerprint density at radius 1 is 1.43 bits per heavy atom. The van der Waals surface area contributed by atoms with E-state index in [1.165, 1.54) is 11.0 Å². The third-order valence-corrected chi connectivity index (χ3v) is 3.34. The Hall–Kier alpha value is -2.34. The van der Waals surface area contributed by atoms with Gasteiger partial charge in [-0.2, -0.15) is 0 Å². The van der Waals surface area contributed by atoms with Crippen molar-refractivity contribution in [3.63, 3.8) is 0 Å². The summed E-state index contributed by atoms with van der Waals surface area (Å²) in [7, 11) is 0. The second-order valence-corrected chi connectivity index (χ2v) is 5.53. The Morgan fingerprint density at radius 3 is 2.91 bits per heavy atom. The van der Waals surface area contributed by atoms with Gasteiger partial charge in [-0.05, 0) is 37.6 Å². The Kier molecular flexibility index (Phi) is 5.76. The number of morpholine rings is 1. The lowest BCUT2D eigenvalue weighted by Gasteiger charge is -2.31. The van der Waals surface area contributed by atoms with Gasteiger partial charge >= 0.3 is 5.97 Å². The fraction of sp³-hybridized carbons (Fsp3) is 0.412. The lowest BCUT2D eigenvalue weighted by Crippen LogP contribution is -2.52. The molecule has 6 nitrogen and oxygen atoms in total. The fourth-order valence-electron chi connectivity index (χ4n) is 2.30. The number of hydrogen-bond donors (Lipinski definition) is 1. The number of aliphatic carboxylic acids is 1. The van der Waals surface area contributed by atoms with Gasteiger partial charge in [-0.15, -0.1) is 0 Å². The summed E-state index contributed by atoms with van der Waals surface area (Å²) in [5.41, 5.74) is 0.816. The highest BCUT2D eigenvalue weighted by molar-refractivity contribution is 5.94. The molecule has 1 fully saturated rings. The van der Waals surface area contributed by atoms with E-state index < -0.39 is 12.0 Å². The van der Waals surface area contributed by atoms with E-state index in [1.54, 1.807) is 6.08 Å². The van der Waals surface area contributed by atoms with E-state index in [4.69, 9.17) is 14.6 Å². The molecule has 1 N–H and O–H groups in total. The van der Waals surface area contributed by atoms with Crippen LogP contribution in [0.1, 0.15) is 19.4 Å². The van der Waals surface area contributed by atoms with Crippen molar-refractivity contribution in [1.82, 2.24) is 4.90 Å². The van der Waals surface area contributed by atoms with Crippen molar-refractivity contribution < 1.29 is 24.2 Å². The molecular weight excluding hydrogens is 298 g/mol. The van der Waals surface area contributed by atoms with Gasteiger partial charge in [0.1, 0.15) is 5.75 Å². The molecule has 124 valence electrons. The first-order valence-electron chi connectivity index (χ1n) is 7.53. The van der Waals surface area contributed by atoms with Crippen LogP contribution in [-0.2, 0) is 14.3 Å². The van der Waals surface area contributed by atoms with E-state index in [0.717, 1.165) is 11.3 Å². The average molecular weight is 319 g/mol. The topological polar surface area (TPSA) is 76.1 Å². The Labute approximate surface area is 135 Å². The van der Waals surface area contributed by atoms with Crippen molar-refractivity contribution in [2.24, 2.45) is 0 Å². The monoisotopic (exact) mass is 319 g/mol. The number of carbonyl (C=O) groups excluding carboxylic acids is 1. The molecule has 1 atom stereocenters. The molecule has 6 heteroatoms. The molecule has 0 spiro atoms. The molecule has 1 aromatic carbocycles. The van der Waals surface area contributed by atoms with Crippen molar-refractivity contribution in [2.45, 2.75) is 26.0 Å². The normalized spacial score (nSPS) is 18.4. The van der Waals surface area contributed by atoms with Gasteiger partial charge in [0.15, 0.2) is 6.04 Å². The molecule has 1 aromatic rings. The van der Waals surface area contributed by atoms with Gasteiger partial charge in [0.05, 0.1) is 19.3 Å².